The maximum absolute atomic E-state index is 6.29. The molecule has 1 heterocycles. The van der Waals surface area contributed by atoms with E-state index in [2.05, 4.69) is 10.3 Å². The predicted molar refractivity (Wildman–Crippen MR) is 79.9 cm³/mol. The van der Waals surface area contributed by atoms with Crippen LogP contribution in [-0.4, -0.2) is 11.0 Å². The summed E-state index contributed by atoms with van der Waals surface area (Å²) in [5, 5.41) is 4.23. The van der Waals surface area contributed by atoms with Crippen molar-refractivity contribution in [3.05, 3.63) is 58.9 Å². The lowest BCUT2D eigenvalue weighted by atomic mass is 10.2. The van der Waals surface area contributed by atoms with Gasteiger partial charge in [0, 0.05) is 35.6 Å². The number of halogens is 1. The summed E-state index contributed by atoms with van der Waals surface area (Å²) in [6.45, 7) is 1.29. The highest BCUT2D eigenvalue weighted by molar-refractivity contribution is 6.31. The Balaban J connectivity index is 1.69. The zero-order chi connectivity index (χ0) is 13.8. The summed E-state index contributed by atoms with van der Waals surface area (Å²) in [5.74, 6) is 0.850. The van der Waals surface area contributed by atoms with Gasteiger partial charge in [-0.25, -0.2) is 0 Å². The van der Waals surface area contributed by atoms with Gasteiger partial charge in [-0.15, -0.1) is 0 Å². The van der Waals surface area contributed by atoms with E-state index in [4.69, 9.17) is 16.3 Å². The fraction of sp³-hybridized carbons (Fsp3) is 0.312. The van der Waals surface area contributed by atoms with E-state index in [0.717, 1.165) is 28.4 Å². The first-order valence-electron chi connectivity index (χ1n) is 6.85. The molecule has 0 spiro atoms. The summed E-state index contributed by atoms with van der Waals surface area (Å²) in [5.41, 5.74) is 2.14. The summed E-state index contributed by atoms with van der Waals surface area (Å²) >= 11 is 6.29. The minimum atomic E-state index is 0.527. The Morgan fingerprint density at radius 1 is 1.20 bits per heavy atom. The van der Waals surface area contributed by atoms with E-state index in [1.165, 1.54) is 12.8 Å². The van der Waals surface area contributed by atoms with Crippen LogP contribution in [0.5, 0.6) is 5.75 Å². The molecule has 1 fully saturated rings. The quantitative estimate of drug-likeness (QED) is 0.882. The summed E-state index contributed by atoms with van der Waals surface area (Å²) in [4.78, 5) is 4.00. The summed E-state index contributed by atoms with van der Waals surface area (Å²) in [6.07, 6.45) is 6.06. The summed E-state index contributed by atoms with van der Waals surface area (Å²) in [6, 6.07) is 10.4. The van der Waals surface area contributed by atoms with Crippen molar-refractivity contribution in [2.24, 2.45) is 0 Å². The first-order valence-corrected chi connectivity index (χ1v) is 7.23. The number of aromatic nitrogens is 1. The van der Waals surface area contributed by atoms with Crippen LogP contribution in [0.4, 0.5) is 0 Å². The highest BCUT2D eigenvalue weighted by atomic mass is 35.5. The van der Waals surface area contributed by atoms with Crippen molar-refractivity contribution in [2.45, 2.75) is 32.0 Å². The van der Waals surface area contributed by atoms with Crippen molar-refractivity contribution in [1.29, 1.82) is 0 Å². The van der Waals surface area contributed by atoms with Crippen LogP contribution < -0.4 is 10.1 Å². The Bertz CT molecular complexity index is 570. The van der Waals surface area contributed by atoms with E-state index in [1.54, 1.807) is 12.4 Å². The topological polar surface area (TPSA) is 34.1 Å². The van der Waals surface area contributed by atoms with Crippen LogP contribution in [0, 0.1) is 0 Å². The van der Waals surface area contributed by atoms with Gasteiger partial charge in [-0.05, 0) is 42.7 Å². The lowest BCUT2D eigenvalue weighted by Gasteiger charge is -2.13. The molecule has 1 aromatic heterocycles. The maximum atomic E-state index is 6.29. The van der Waals surface area contributed by atoms with Crippen LogP contribution in [0.15, 0.2) is 42.7 Å². The van der Waals surface area contributed by atoms with Gasteiger partial charge in [0.1, 0.15) is 12.4 Å². The van der Waals surface area contributed by atoms with Crippen molar-refractivity contribution >= 4 is 11.6 Å². The van der Waals surface area contributed by atoms with Gasteiger partial charge in [-0.3, -0.25) is 4.98 Å². The molecule has 1 aliphatic carbocycles. The Morgan fingerprint density at radius 3 is 2.75 bits per heavy atom. The van der Waals surface area contributed by atoms with Gasteiger partial charge in [-0.2, -0.15) is 0 Å². The molecule has 2 aromatic rings. The van der Waals surface area contributed by atoms with Crippen LogP contribution in [0.25, 0.3) is 0 Å². The third kappa shape index (κ3) is 3.50. The number of hydrogen-bond acceptors (Lipinski definition) is 3. The molecule has 1 N–H and O–H groups in total. The molecule has 0 aliphatic heterocycles. The normalized spacial score (nSPS) is 14.2. The number of nitrogens with zero attached hydrogens (tertiary/aromatic N) is 1. The van der Waals surface area contributed by atoms with Crippen LogP contribution in [0.2, 0.25) is 5.02 Å². The Kier molecular flexibility index (Phi) is 4.19. The molecule has 1 aliphatic rings. The fourth-order valence-electron chi connectivity index (χ4n) is 2.02. The van der Waals surface area contributed by atoms with Crippen LogP contribution >= 0.6 is 11.6 Å². The van der Waals surface area contributed by atoms with E-state index in [1.807, 2.05) is 30.3 Å². The van der Waals surface area contributed by atoms with Gasteiger partial charge in [0.15, 0.2) is 0 Å². The van der Waals surface area contributed by atoms with Crippen molar-refractivity contribution in [3.8, 4) is 5.75 Å². The molecule has 3 nitrogen and oxygen atoms in total. The summed E-state index contributed by atoms with van der Waals surface area (Å²) in [7, 11) is 0. The number of benzene rings is 1. The second kappa shape index (κ2) is 6.25. The van der Waals surface area contributed by atoms with E-state index < -0.39 is 0 Å². The van der Waals surface area contributed by atoms with Crippen LogP contribution in [0.1, 0.15) is 24.0 Å². The first-order chi connectivity index (χ1) is 9.83. The van der Waals surface area contributed by atoms with E-state index in [9.17, 15) is 0 Å². The highest BCUT2D eigenvalue weighted by Crippen LogP contribution is 2.28. The largest absolute Gasteiger partial charge is 0.489 e. The number of nitrogens with one attached hydrogen (secondary N) is 1. The second-order valence-corrected chi connectivity index (χ2v) is 5.42. The average Bonchev–Trinajstić information content (AvgIpc) is 3.29. The third-order valence-corrected chi connectivity index (χ3v) is 3.72. The molecule has 0 amide bonds. The summed E-state index contributed by atoms with van der Waals surface area (Å²) < 4.78 is 5.90. The Hall–Kier alpha value is -1.58. The van der Waals surface area contributed by atoms with Gasteiger partial charge in [0.05, 0.1) is 0 Å². The molecular weight excluding hydrogens is 272 g/mol. The number of rotatable bonds is 6. The molecule has 0 bridgehead atoms. The van der Waals surface area contributed by atoms with Gasteiger partial charge >= 0.3 is 0 Å². The number of pyridine rings is 1. The van der Waals surface area contributed by atoms with E-state index in [0.29, 0.717) is 12.6 Å². The Labute approximate surface area is 123 Å². The van der Waals surface area contributed by atoms with E-state index in [-0.39, 0.29) is 0 Å². The standard InChI is InChI=1S/C16H17ClN2O/c17-15-2-1-3-16(14(15)10-19-13-4-5-13)20-11-12-6-8-18-9-7-12/h1-3,6-9,13,19H,4-5,10-11H2. The van der Waals surface area contributed by atoms with Crippen molar-refractivity contribution in [2.75, 3.05) is 0 Å². The molecular formula is C16H17ClN2O. The molecule has 0 unspecified atom stereocenters. The lowest BCUT2D eigenvalue weighted by Crippen LogP contribution is -2.16. The smallest absolute Gasteiger partial charge is 0.125 e. The molecule has 0 atom stereocenters. The molecule has 104 valence electrons. The number of hydrogen-bond donors (Lipinski definition) is 1. The average molecular weight is 289 g/mol. The van der Waals surface area contributed by atoms with E-state index >= 15 is 0 Å². The van der Waals surface area contributed by atoms with Crippen LogP contribution in [0.3, 0.4) is 0 Å². The molecule has 1 saturated carbocycles. The lowest BCUT2D eigenvalue weighted by molar-refractivity contribution is 0.302. The van der Waals surface area contributed by atoms with Gasteiger partial charge in [-0.1, -0.05) is 17.7 Å². The highest BCUT2D eigenvalue weighted by Gasteiger charge is 2.21. The maximum Gasteiger partial charge on any atom is 0.125 e. The molecule has 20 heavy (non-hydrogen) atoms. The molecule has 3 rings (SSSR count). The zero-order valence-electron chi connectivity index (χ0n) is 11.2. The first kappa shape index (κ1) is 13.4. The predicted octanol–water partition coefficient (Wildman–Crippen LogP) is 3.57. The van der Waals surface area contributed by atoms with Crippen molar-refractivity contribution < 1.29 is 4.74 Å². The number of ether oxygens (including phenoxy) is 1. The Morgan fingerprint density at radius 2 is 2.00 bits per heavy atom. The minimum Gasteiger partial charge on any atom is -0.489 e. The minimum absolute atomic E-state index is 0.527. The van der Waals surface area contributed by atoms with Crippen LogP contribution in [-0.2, 0) is 13.2 Å². The van der Waals surface area contributed by atoms with Crippen molar-refractivity contribution in [3.63, 3.8) is 0 Å². The SMILES string of the molecule is Clc1cccc(OCc2ccncc2)c1CNC1CC1. The molecule has 4 heteroatoms. The monoisotopic (exact) mass is 288 g/mol. The fourth-order valence-corrected chi connectivity index (χ4v) is 2.25. The van der Waals surface area contributed by atoms with Gasteiger partial charge in [0.25, 0.3) is 0 Å². The third-order valence-electron chi connectivity index (χ3n) is 3.36. The van der Waals surface area contributed by atoms with Gasteiger partial charge in [0.2, 0.25) is 0 Å². The molecule has 0 saturated heterocycles. The molecule has 1 aromatic carbocycles. The molecule has 0 radical (unpaired) electrons. The zero-order valence-corrected chi connectivity index (χ0v) is 11.9. The second-order valence-electron chi connectivity index (χ2n) is 5.02. The van der Waals surface area contributed by atoms with Crippen molar-refractivity contribution in [1.82, 2.24) is 10.3 Å². The van der Waals surface area contributed by atoms with Gasteiger partial charge < -0.3 is 10.1 Å².